The van der Waals surface area contributed by atoms with Crippen molar-refractivity contribution in [3.8, 4) is 0 Å². The molecule has 0 aromatic heterocycles. The monoisotopic (exact) mass is 303 g/mol. The van der Waals surface area contributed by atoms with E-state index in [4.69, 9.17) is 0 Å². The first-order chi connectivity index (χ1) is 8.95. The molecule has 1 aromatic rings. The Morgan fingerprint density at radius 3 is 2.42 bits per heavy atom. The Kier molecular flexibility index (Phi) is 5.70. The molecular weight excluding hydrogens is 282 g/mol. The van der Waals surface area contributed by atoms with E-state index in [9.17, 15) is 13.5 Å². The number of benzene rings is 1. The number of fused-ring (bicyclic) bond motifs is 1. The molecule has 2 atom stereocenters. The number of hydrogen-bond donors (Lipinski definition) is 1. The highest BCUT2D eigenvalue weighted by atomic mass is 32.2. The molecule has 0 spiro atoms. The van der Waals surface area contributed by atoms with E-state index in [1.54, 1.807) is 6.07 Å². The Bertz CT molecular complexity index is 516. The molecule has 0 bridgehead atoms. The first-order valence-corrected chi connectivity index (χ1v) is 9.04. The van der Waals surface area contributed by atoms with Crippen molar-refractivity contribution in [3.63, 3.8) is 0 Å². The van der Waals surface area contributed by atoms with Gasteiger partial charge in [0.1, 0.15) is 0 Å². The van der Waals surface area contributed by atoms with Gasteiger partial charge in [-0.1, -0.05) is 26.0 Å². The van der Waals surface area contributed by atoms with Crippen molar-refractivity contribution in [1.29, 1.82) is 0 Å². The lowest BCUT2D eigenvalue weighted by molar-refractivity contribution is 0.284. The van der Waals surface area contributed by atoms with Crippen molar-refractivity contribution in [1.82, 2.24) is 0 Å². The lowest BCUT2D eigenvalue weighted by atomic mass is 10.2. The molecule has 0 saturated heterocycles. The van der Waals surface area contributed by atoms with Crippen LogP contribution in [0.5, 0.6) is 0 Å². The Morgan fingerprint density at radius 2 is 1.89 bits per heavy atom. The van der Waals surface area contributed by atoms with E-state index in [0.717, 1.165) is 4.90 Å². The molecule has 1 aromatic carbocycles. The smallest absolute Gasteiger partial charge is 0.232 e. The molecule has 0 aliphatic carbocycles. The molecule has 0 unspecified atom stereocenters. The van der Waals surface area contributed by atoms with Crippen molar-refractivity contribution in [2.75, 3.05) is 17.2 Å². The molecule has 1 aliphatic heterocycles. The molecule has 1 aliphatic rings. The third-order valence-corrected chi connectivity index (χ3v) is 5.51. The third kappa shape index (κ3) is 3.43. The lowest BCUT2D eigenvalue weighted by Crippen LogP contribution is -2.47. The first kappa shape index (κ1) is 16.3. The van der Waals surface area contributed by atoms with Crippen LogP contribution in [0.25, 0.3) is 0 Å². The van der Waals surface area contributed by atoms with E-state index >= 15 is 0 Å². The fraction of sp³-hybridized carbons (Fsp3) is 0.538. The number of nitrogens with zero attached hydrogens (tertiary/aromatic N) is 1. The molecule has 2 rings (SSSR count). The minimum atomic E-state index is -3.32. The number of anilines is 1. The van der Waals surface area contributed by atoms with Gasteiger partial charge in [-0.3, -0.25) is 4.31 Å². The number of rotatable bonds is 2. The number of para-hydroxylation sites is 1. The Labute approximate surface area is 119 Å². The van der Waals surface area contributed by atoms with Crippen LogP contribution in [0.2, 0.25) is 0 Å². The third-order valence-electron chi connectivity index (χ3n) is 2.83. The largest absolute Gasteiger partial charge is 0.395 e. The molecular formula is C13H21NO3S2. The van der Waals surface area contributed by atoms with Crippen LogP contribution < -0.4 is 4.31 Å². The van der Waals surface area contributed by atoms with Gasteiger partial charge in [0.25, 0.3) is 0 Å². The van der Waals surface area contributed by atoms with Crippen LogP contribution in [0, 0.1) is 0 Å². The summed E-state index contributed by atoms with van der Waals surface area (Å²) in [4.78, 5) is 0.898. The zero-order valence-electron chi connectivity index (χ0n) is 11.7. The van der Waals surface area contributed by atoms with Crippen LogP contribution >= 0.6 is 11.8 Å². The predicted octanol–water partition coefficient (Wildman–Crippen LogP) is 2.33. The maximum absolute atomic E-state index is 11.9. The molecule has 1 N–H and O–H groups in total. The van der Waals surface area contributed by atoms with Crippen molar-refractivity contribution in [3.05, 3.63) is 24.3 Å². The van der Waals surface area contributed by atoms with Gasteiger partial charge in [0, 0.05) is 4.90 Å². The number of aliphatic hydroxyl groups is 1. The predicted molar refractivity (Wildman–Crippen MR) is 81.3 cm³/mol. The van der Waals surface area contributed by atoms with Gasteiger partial charge in [0.05, 0.1) is 29.8 Å². The summed E-state index contributed by atoms with van der Waals surface area (Å²) in [7, 11) is -3.32. The first-order valence-electron chi connectivity index (χ1n) is 6.31. The van der Waals surface area contributed by atoms with Gasteiger partial charge in [0.15, 0.2) is 0 Å². The standard InChI is InChI=1S/C11H15NO3S2.C2H6/c1-8-11(7-13)16-10-6-4-3-5-9(10)12(8)17(2,14)15;1-2/h3-6,8,11,13H,7H2,1-2H3;1-2H3/t8-,11+;/m1./s1. The van der Waals surface area contributed by atoms with Crippen LogP contribution in [0.1, 0.15) is 20.8 Å². The maximum atomic E-state index is 11.9. The van der Waals surface area contributed by atoms with Gasteiger partial charge >= 0.3 is 0 Å². The summed E-state index contributed by atoms with van der Waals surface area (Å²) in [5.41, 5.74) is 0.706. The van der Waals surface area contributed by atoms with E-state index in [-0.39, 0.29) is 17.9 Å². The molecule has 6 heteroatoms. The number of thioether (sulfide) groups is 1. The zero-order chi connectivity index (χ0) is 14.6. The summed E-state index contributed by atoms with van der Waals surface area (Å²) in [6.07, 6.45) is 1.20. The topological polar surface area (TPSA) is 57.6 Å². The summed E-state index contributed by atoms with van der Waals surface area (Å²) in [5.74, 6) is 0. The molecule has 0 radical (unpaired) electrons. The summed E-state index contributed by atoms with van der Waals surface area (Å²) in [5, 5.41) is 9.20. The Hall–Kier alpha value is -0.720. The molecule has 19 heavy (non-hydrogen) atoms. The highest BCUT2D eigenvalue weighted by molar-refractivity contribution is 8.00. The van der Waals surface area contributed by atoms with Gasteiger partial charge in [0.2, 0.25) is 10.0 Å². The molecule has 0 fully saturated rings. The summed E-state index contributed by atoms with van der Waals surface area (Å²) >= 11 is 1.53. The van der Waals surface area contributed by atoms with Gasteiger partial charge in [-0.25, -0.2) is 8.42 Å². The average molecular weight is 303 g/mol. The second kappa shape index (κ2) is 6.63. The van der Waals surface area contributed by atoms with Crippen LogP contribution in [0.4, 0.5) is 5.69 Å². The highest BCUT2D eigenvalue weighted by Crippen LogP contribution is 2.42. The van der Waals surface area contributed by atoms with Gasteiger partial charge in [-0.05, 0) is 19.1 Å². The van der Waals surface area contributed by atoms with E-state index in [0.29, 0.717) is 5.69 Å². The van der Waals surface area contributed by atoms with Gasteiger partial charge in [-0.15, -0.1) is 11.8 Å². The van der Waals surface area contributed by atoms with E-state index in [1.165, 1.54) is 22.3 Å². The molecule has 4 nitrogen and oxygen atoms in total. The molecule has 1 heterocycles. The summed E-state index contributed by atoms with van der Waals surface area (Å²) < 4.78 is 25.1. The van der Waals surface area contributed by atoms with Gasteiger partial charge < -0.3 is 5.11 Å². The van der Waals surface area contributed by atoms with Crippen molar-refractivity contribution in [2.45, 2.75) is 37.0 Å². The van der Waals surface area contributed by atoms with Crippen LogP contribution in [0.3, 0.4) is 0 Å². The van der Waals surface area contributed by atoms with Crippen molar-refractivity contribution >= 4 is 27.5 Å². The van der Waals surface area contributed by atoms with Gasteiger partial charge in [-0.2, -0.15) is 0 Å². The average Bonchev–Trinajstić information content (AvgIpc) is 2.38. The highest BCUT2D eigenvalue weighted by Gasteiger charge is 2.36. The second-order valence-corrected chi connectivity index (χ2v) is 7.25. The fourth-order valence-corrected chi connectivity index (χ4v) is 4.61. The number of hydrogen-bond acceptors (Lipinski definition) is 4. The number of aliphatic hydroxyl groups excluding tert-OH is 1. The lowest BCUT2D eigenvalue weighted by Gasteiger charge is -2.39. The van der Waals surface area contributed by atoms with E-state index in [2.05, 4.69) is 0 Å². The Morgan fingerprint density at radius 1 is 1.32 bits per heavy atom. The molecule has 108 valence electrons. The van der Waals surface area contributed by atoms with Crippen LogP contribution in [-0.2, 0) is 10.0 Å². The summed E-state index contributed by atoms with van der Waals surface area (Å²) in [6.45, 7) is 5.79. The molecule has 0 saturated carbocycles. The van der Waals surface area contributed by atoms with Crippen LogP contribution in [0.15, 0.2) is 29.2 Å². The van der Waals surface area contributed by atoms with Crippen LogP contribution in [-0.4, -0.2) is 37.7 Å². The fourth-order valence-electron chi connectivity index (χ4n) is 2.04. The van der Waals surface area contributed by atoms with Crippen molar-refractivity contribution in [2.24, 2.45) is 0 Å². The zero-order valence-corrected chi connectivity index (χ0v) is 13.3. The normalized spacial score (nSPS) is 22.3. The summed E-state index contributed by atoms with van der Waals surface area (Å²) in [6, 6.07) is 7.13. The number of sulfonamides is 1. The van der Waals surface area contributed by atoms with E-state index in [1.807, 2.05) is 39.0 Å². The Balaban J connectivity index is 0.000000861. The minimum absolute atomic E-state index is 0.0355. The second-order valence-electron chi connectivity index (χ2n) is 4.11. The SMILES string of the molecule is CC.C[C@@H]1[C@H](CO)Sc2ccccc2N1S(C)(=O)=O. The molecule has 0 amide bonds. The van der Waals surface area contributed by atoms with E-state index < -0.39 is 10.0 Å². The van der Waals surface area contributed by atoms with Crippen molar-refractivity contribution < 1.29 is 13.5 Å². The minimum Gasteiger partial charge on any atom is -0.395 e. The quantitative estimate of drug-likeness (QED) is 0.911. The maximum Gasteiger partial charge on any atom is 0.232 e.